The van der Waals surface area contributed by atoms with E-state index >= 15 is 0 Å². The minimum Gasteiger partial charge on any atom is -0.497 e. The molecule has 0 saturated heterocycles. The number of nitrogens with zero attached hydrogens (tertiary/aromatic N) is 4. The second kappa shape index (κ2) is 9.67. The molecule has 0 unspecified atom stereocenters. The van der Waals surface area contributed by atoms with Crippen LogP contribution in [-0.2, 0) is 4.79 Å². The Hall–Kier alpha value is -4.05. The summed E-state index contributed by atoms with van der Waals surface area (Å²) in [5.41, 5.74) is 2.77. The molecule has 1 aliphatic heterocycles. The Morgan fingerprint density at radius 1 is 1.00 bits per heavy atom. The van der Waals surface area contributed by atoms with Crippen molar-refractivity contribution >= 4 is 40.0 Å². The number of fused-ring (bicyclic) bond motifs is 2. The van der Waals surface area contributed by atoms with Gasteiger partial charge in [-0.15, -0.1) is 16.4 Å². The number of hydrogen-bond donors (Lipinski definition) is 1. The number of rotatable bonds is 9. The number of benzene rings is 2. The van der Waals surface area contributed by atoms with Gasteiger partial charge in [0, 0.05) is 23.9 Å². The van der Waals surface area contributed by atoms with Gasteiger partial charge in [-0.1, -0.05) is 18.6 Å². The second-order valence-corrected chi connectivity index (χ2v) is 8.98. The molecule has 2 aromatic carbocycles. The number of carbonyl (C=O) groups excluding carboxylic acids is 3. The van der Waals surface area contributed by atoms with Crippen LogP contribution < -0.4 is 10.1 Å². The van der Waals surface area contributed by atoms with Gasteiger partial charge in [-0.25, -0.2) is 4.52 Å². The monoisotopic (exact) mass is 489 g/mol. The molecule has 0 aliphatic carbocycles. The van der Waals surface area contributed by atoms with Crippen LogP contribution in [0.5, 0.6) is 5.75 Å². The number of anilines is 1. The van der Waals surface area contributed by atoms with Gasteiger partial charge in [0.1, 0.15) is 5.75 Å². The molecule has 1 N–H and O–H groups in total. The van der Waals surface area contributed by atoms with Crippen molar-refractivity contribution in [2.75, 3.05) is 19.0 Å². The lowest BCUT2D eigenvalue weighted by molar-refractivity contribution is -0.116. The van der Waals surface area contributed by atoms with Crippen LogP contribution in [0.25, 0.3) is 16.2 Å². The molecule has 0 spiro atoms. The van der Waals surface area contributed by atoms with Crippen molar-refractivity contribution < 1.29 is 19.1 Å². The molecule has 35 heavy (non-hydrogen) atoms. The van der Waals surface area contributed by atoms with E-state index in [9.17, 15) is 14.4 Å². The fourth-order valence-electron chi connectivity index (χ4n) is 4.06. The molecule has 2 aromatic heterocycles. The van der Waals surface area contributed by atoms with E-state index in [-0.39, 0.29) is 23.7 Å². The third kappa shape index (κ3) is 4.52. The summed E-state index contributed by atoms with van der Waals surface area (Å²) in [5.74, 6) is 0.375. The summed E-state index contributed by atoms with van der Waals surface area (Å²) >= 11 is 1.45. The zero-order valence-electron chi connectivity index (χ0n) is 19.1. The predicted octanol–water partition coefficient (Wildman–Crippen LogP) is 4.26. The summed E-state index contributed by atoms with van der Waals surface area (Å²) in [5, 5.41) is 9.16. The van der Waals surface area contributed by atoms with E-state index in [1.54, 1.807) is 35.9 Å². The number of aromatic nitrogens is 3. The van der Waals surface area contributed by atoms with Gasteiger partial charge in [0.15, 0.2) is 0 Å². The zero-order valence-corrected chi connectivity index (χ0v) is 19.9. The van der Waals surface area contributed by atoms with Crippen molar-refractivity contribution in [3.63, 3.8) is 0 Å². The summed E-state index contributed by atoms with van der Waals surface area (Å²) < 4.78 is 6.92. The van der Waals surface area contributed by atoms with Gasteiger partial charge < -0.3 is 4.74 Å². The first-order valence-electron chi connectivity index (χ1n) is 11.3. The van der Waals surface area contributed by atoms with Crippen LogP contribution in [0.4, 0.5) is 5.95 Å². The molecule has 1 aliphatic rings. The molecule has 0 saturated carbocycles. The lowest BCUT2D eigenvalue weighted by Gasteiger charge is -2.13. The molecular weight excluding hydrogens is 466 g/mol. The first-order chi connectivity index (χ1) is 17.0. The van der Waals surface area contributed by atoms with Crippen LogP contribution >= 0.6 is 11.3 Å². The van der Waals surface area contributed by atoms with E-state index in [4.69, 9.17) is 4.74 Å². The van der Waals surface area contributed by atoms with Crippen LogP contribution in [-0.4, -0.2) is 50.9 Å². The summed E-state index contributed by atoms with van der Waals surface area (Å²) in [6.07, 6.45) is 2.30. The highest BCUT2D eigenvalue weighted by atomic mass is 32.1. The number of imide groups is 1. The van der Waals surface area contributed by atoms with Gasteiger partial charge in [-0.2, -0.15) is 4.98 Å². The largest absolute Gasteiger partial charge is 0.497 e. The fourth-order valence-corrected chi connectivity index (χ4v) is 4.89. The third-order valence-electron chi connectivity index (χ3n) is 5.88. The first kappa shape index (κ1) is 22.7. The number of ether oxygens (including phenoxy) is 1. The quantitative estimate of drug-likeness (QED) is 0.278. The molecule has 5 rings (SSSR count). The van der Waals surface area contributed by atoms with Crippen LogP contribution in [0, 0.1) is 0 Å². The molecule has 4 aromatic rings. The Morgan fingerprint density at radius 2 is 1.71 bits per heavy atom. The van der Waals surface area contributed by atoms with Crippen LogP contribution in [0.1, 0.15) is 46.4 Å². The third-order valence-corrected chi connectivity index (χ3v) is 6.70. The summed E-state index contributed by atoms with van der Waals surface area (Å²) in [7, 11) is 1.62. The first-order valence-corrected chi connectivity index (χ1v) is 12.2. The van der Waals surface area contributed by atoms with Crippen molar-refractivity contribution in [3.8, 4) is 17.0 Å². The molecule has 3 heterocycles. The maximum atomic E-state index is 12.4. The highest BCUT2D eigenvalue weighted by molar-refractivity contribution is 7.15. The maximum absolute atomic E-state index is 12.4. The Labute approximate surface area is 205 Å². The topological polar surface area (TPSA) is 106 Å². The van der Waals surface area contributed by atoms with E-state index < -0.39 is 0 Å². The van der Waals surface area contributed by atoms with Crippen LogP contribution in [0.15, 0.2) is 53.9 Å². The highest BCUT2D eigenvalue weighted by Gasteiger charge is 2.34. The summed E-state index contributed by atoms with van der Waals surface area (Å²) in [4.78, 5) is 43.5. The van der Waals surface area contributed by atoms with Gasteiger partial charge in [0.25, 0.3) is 11.8 Å². The molecule has 10 heteroatoms. The number of thiazole rings is 1. The average Bonchev–Trinajstić information content (AvgIpc) is 3.52. The zero-order chi connectivity index (χ0) is 24.4. The van der Waals surface area contributed by atoms with E-state index in [0.717, 1.165) is 17.0 Å². The van der Waals surface area contributed by atoms with Gasteiger partial charge in [-0.05, 0) is 49.2 Å². The van der Waals surface area contributed by atoms with E-state index in [2.05, 4.69) is 15.4 Å². The Bertz CT molecular complexity index is 1370. The summed E-state index contributed by atoms with van der Waals surface area (Å²) in [6, 6.07) is 14.5. The standard InChI is InChI=1S/C25H23N5O4S/c1-34-17-12-10-16(11-13-17)20-15-35-25-27-24(28-30(20)25)26-21(31)9-3-2-6-14-29-22(32)18-7-4-5-8-19(18)23(29)33/h4-5,7-8,10-13,15H,2-3,6,9,14H2,1H3,(H,26,28,31). The summed E-state index contributed by atoms with van der Waals surface area (Å²) in [6.45, 7) is 0.348. The molecule has 3 amide bonds. The smallest absolute Gasteiger partial charge is 0.261 e. The lowest BCUT2D eigenvalue weighted by atomic mass is 10.1. The molecule has 0 radical (unpaired) electrons. The van der Waals surface area contributed by atoms with Crippen molar-refractivity contribution in [2.45, 2.75) is 25.7 Å². The maximum Gasteiger partial charge on any atom is 0.261 e. The van der Waals surface area contributed by atoms with E-state index in [0.29, 0.717) is 48.3 Å². The van der Waals surface area contributed by atoms with Crippen molar-refractivity contribution in [1.29, 1.82) is 0 Å². The molecule has 0 atom stereocenters. The molecular formula is C25H23N5O4S. The van der Waals surface area contributed by atoms with Gasteiger partial charge in [0.05, 0.1) is 23.9 Å². The molecule has 0 fully saturated rings. The minimum atomic E-state index is -0.247. The van der Waals surface area contributed by atoms with Gasteiger partial charge >= 0.3 is 0 Å². The number of unbranched alkanes of at least 4 members (excludes halogenated alkanes) is 2. The predicted molar refractivity (Wildman–Crippen MR) is 132 cm³/mol. The Balaban J connectivity index is 1.10. The normalized spacial score (nSPS) is 12.9. The van der Waals surface area contributed by atoms with Crippen molar-refractivity contribution in [2.24, 2.45) is 0 Å². The van der Waals surface area contributed by atoms with Crippen molar-refractivity contribution in [3.05, 3.63) is 65.0 Å². The van der Waals surface area contributed by atoms with Gasteiger partial charge in [0.2, 0.25) is 16.8 Å². The fraction of sp³-hybridized carbons (Fsp3) is 0.240. The SMILES string of the molecule is COc1ccc(-c2csc3nc(NC(=O)CCCCCN4C(=O)c5ccccc5C4=O)nn23)cc1. The van der Waals surface area contributed by atoms with Crippen LogP contribution in [0.2, 0.25) is 0 Å². The number of amides is 3. The number of methoxy groups -OCH3 is 1. The number of carbonyl (C=O) groups is 3. The molecule has 9 nitrogen and oxygen atoms in total. The minimum absolute atomic E-state index is 0.171. The van der Waals surface area contributed by atoms with E-state index in [1.165, 1.54) is 16.2 Å². The van der Waals surface area contributed by atoms with Crippen molar-refractivity contribution in [1.82, 2.24) is 19.5 Å². The second-order valence-electron chi connectivity index (χ2n) is 8.15. The Kier molecular flexibility index (Phi) is 6.28. The molecule has 178 valence electrons. The number of hydrogen-bond acceptors (Lipinski definition) is 7. The Morgan fingerprint density at radius 3 is 2.40 bits per heavy atom. The molecule has 0 bridgehead atoms. The number of nitrogens with one attached hydrogen (secondary N) is 1. The highest BCUT2D eigenvalue weighted by Crippen LogP contribution is 2.27. The van der Waals surface area contributed by atoms with E-state index in [1.807, 2.05) is 29.6 Å². The average molecular weight is 490 g/mol. The lowest BCUT2D eigenvalue weighted by Crippen LogP contribution is -2.30. The van der Waals surface area contributed by atoms with Crippen LogP contribution in [0.3, 0.4) is 0 Å². The van der Waals surface area contributed by atoms with Gasteiger partial charge in [-0.3, -0.25) is 24.6 Å².